The average molecular weight is 409 g/mol. The molecule has 2 aliphatic rings. The lowest BCUT2D eigenvalue weighted by atomic mass is 9.80. The van der Waals surface area contributed by atoms with Crippen molar-refractivity contribution in [1.29, 1.82) is 0 Å². The van der Waals surface area contributed by atoms with Gasteiger partial charge in [-0.1, -0.05) is 0 Å². The van der Waals surface area contributed by atoms with Crippen molar-refractivity contribution in [3.63, 3.8) is 0 Å². The van der Waals surface area contributed by atoms with Crippen LogP contribution in [0.5, 0.6) is 0 Å². The number of hydrogen-bond acceptors (Lipinski definition) is 9. The van der Waals surface area contributed by atoms with E-state index in [4.69, 9.17) is 4.52 Å². The van der Waals surface area contributed by atoms with Crippen LogP contribution >= 0.6 is 0 Å². The van der Waals surface area contributed by atoms with E-state index in [2.05, 4.69) is 30.9 Å². The molecule has 5 rings (SSSR count). The predicted molar refractivity (Wildman–Crippen MR) is 108 cm³/mol. The number of nitrogens with zero attached hydrogens (tertiary/aromatic N) is 5. The van der Waals surface area contributed by atoms with Gasteiger partial charge in [-0.2, -0.15) is 14.8 Å². The molecule has 0 saturated heterocycles. The van der Waals surface area contributed by atoms with Crippen LogP contribution in [0.3, 0.4) is 0 Å². The Kier molecular flexibility index (Phi) is 4.70. The standard InChI is InChI=1S/C20H23N7O3/c28-17-3-1-10-22-27(17)15-6-7-16(21-12-15)23-13-4-5-14(11-13)24-19-25-18(30-26-19)20(29)8-2-9-20/h1,3,6-7,10,12-14,29H,2,4-5,8-9,11H2,(H,21,23)(H,24,26)/t13-,14-/m0/s1. The first kappa shape index (κ1) is 18.7. The van der Waals surface area contributed by atoms with Crippen molar-refractivity contribution < 1.29 is 9.63 Å². The zero-order valence-electron chi connectivity index (χ0n) is 16.4. The molecule has 3 aromatic heterocycles. The molecule has 3 N–H and O–H groups in total. The van der Waals surface area contributed by atoms with Crippen molar-refractivity contribution in [2.24, 2.45) is 0 Å². The molecule has 2 saturated carbocycles. The molecule has 10 nitrogen and oxygen atoms in total. The van der Waals surface area contributed by atoms with Gasteiger partial charge in [-0.25, -0.2) is 4.98 Å². The number of nitrogens with one attached hydrogen (secondary N) is 2. The fourth-order valence-electron chi connectivity index (χ4n) is 3.98. The van der Waals surface area contributed by atoms with E-state index in [1.807, 2.05) is 12.1 Å². The summed E-state index contributed by atoms with van der Waals surface area (Å²) in [6.45, 7) is 0. The summed E-state index contributed by atoms with van der Waals surface area (Å²) in [6.07, 6.45) is 8.35. The molecular formula is C20H23N7O3. The van der Waals surface area contributed by atoms with Gasteiger partial charge in [-0.05, 0) is 61.9 Å². The minimum Gasteiger partial charge on any atom is -0.380 e. The van der Waals surface area contributed by atoms with Crippen LogP contribution in [0.1, 0.15) is 44.4 Å². The minimum atomic E-state index is -0.940. The second-order valence-electron chi connectivity index (χ2n) is 7.98. The molecule has 0 amide bonds. The minimum absolute atomic E-state index is 0.196. The highest BCUT2D eigenvalue weighted by molar-refractivity contribution is 5.41. The van der Waals surface area contributed by atoms with Gasteiger partial charge in [-0.15, -0.1) is 0 Å². The van der Waals surface area contributed by atoms with Gasteiger partial charge < -0.3 is 20.3 Å². The van der Waals surface area contributed by atoms with Crippen LogP contribution in [0.2, 0.25) is 0 Å². The van der Waals surface area contributed by atoms with Gasteiger partial charge in [0.1, 0.15) is 11.4 Å². The maximum absolute atomic E-state index is 11.9. The molecule has 0 radical (unpaired) electrons. The summed E-state index contributed by atoms with van der Waals surface area (Å²) in [5.74, 6) is 1.49. The number of rotatable bonds is 6. The van der Waals surface area contributed by atoms with Crippen molar-refractivity contribution in [3.05, 3.63) is 52.9 Å². The largest absolute Gasteiger partial charge is 0.380 e. The molecule has 2 atom stereocenters. The quantitative estimate of drug-likeness (QED) is 0.558. The first-order chi connectivity index (χ1) is 14.6. The molecule has 2 aliphatic carbocycles. The first-order valence-corrected chi connectivity index (χ1v) is 10.2. The molecular weight excluding hydrogens is 386 g/mol. The van der Waals surface area contributed by atoms with Crippen LogP contribution < -0.4 is 16.2 Å². The van der Waals surface area contributed by atoms with Crippen LogP contribution in [0.4, 0.5) is 11.8 Å². The summed E-state index contributed by atoms with van der Waals surface area (Å²) < 4.78 is 6.54. The van der Waals surface area contributed by atoms with E-state index in [0.717, 1.165) is 31.5 Å². The summed E-state index contributed by atoms with van der Waals surface area (Å²) in [5, 5.41) is 25.1. The average Bonchev–Trinajstić information content (AvgIpc) is 3.37. The van der Waals surface area contributed by atoms with Gasteiger partial charge in [0, 0.05) is 24.3 Å². The van der Waals surface area contributed by atoms with E-state index >= 15 is 0 Å². The monoisotopic (exact) mass is 409 g/mol. The summed E-state index contributed by atoms with van der Waals surface area (Å²) in [4.78, 5) is 20.6. The van der Waals surface area contributed by atoms with E-state index in [0.29, 0.717) is 30.4 Å². The van der Waals surface area contributed by atoms with Gasteiger partial charge in [-0.3, -0.25) is 4.79 Å². The third-order valence-electron chi connectivity index (χ3n) is 5.83. The summed E-state index contributed by atoms with van der Waals surface area (Å²) in [7, 11) is 0. The highest BCUT2D eigenvalue weighted by Crippen LogP contribution is 2.40. The van der Waals surface area contributed by atoms with Crippen LogP contribution in [-0.2, 0) is 5.60 Å². The molecule has 0 spiro atoms. The highest BCUT2D eigenvalue weighted by atomic mass is 16.5. The fraction of sp³-hybridized carbons (Fsp3) is 0.450. The normalized spacial score (nSPS) is 22.4. The molecule has 10 heteroatoms. The lowest BCUT2D eigenvalue weighted by molar-refractivity contribution is -0.0646. The number of pyridine rings is 1. The van der Waals surface area contributed by atoms with Crippen molar-refractivity contribution in [2.45, 2.75) is 56.2 Å². The third kappa shape index (κ3) is 3.65. The number of aromatic nitrogens is 5. The third-order valence-corrected chi connectivity index (χ3v) is 5.83. The summed E-state index contributed by atoms with van der Waals surface area (Å²) in [5.41, 5.74) is -0.512. The fourth-order valence-corrected chi connectivity index (χ4v) is 3.98. The Morgan fingerprint density at radius 2 is 2.00 bits per heavy atom. The summed E-state index contributed by atoms with van der Waals surface area (Å²) in [6, 6.07) is 7.22. The Morgan fingerprint density at radius 3 is 2.70 bits per heavy atom. The van der Waals surface area contributed by atoms with E-state index in [9.17, 15) is 9.90 Å². The second-order valence-corrected chi connectivity index (χ2v) is 7.98. The maximum Gasteiger partial charge on any atom is 0.271 e. The summed E-state index contributed by atoms with van der Waals surface area (Å²) >= 11 is 0. The van der Waals surface area contributed by atoms with E-state index in [1.165, 1.54) is 10.7 Å². The Bertz CT molecular complexity index is 1070. The van der Waals surface area contributed by atoms with E-state index in [1.54, 1.807) is 18.5 Å². The van der Waals surface area contributed by atoms with Crippen LogP contribution in [0, 0.1) is 0 Å². The van der Waals surface area contributed by atoms with Gasteiger partial charge in [0.15, 0.2) is 0 Å². The first-order valence-electron chi connectivity index (χ1n) is 10.2. The lowest BCUT2D eigenvalue weighted by Gasteiger charge is -2.32. The van der Waals surface area contributed by atoms with Crippen LogP contribution in [0.15, 0.2) is 46.0 Å². The van der Waals surface area contributed by atoms with Gasteiger partial charge in [0.05, 0.1) is 11.9 Å². The van der Waals surface area contributed by atoms with Crippen LogP contribution in [0.25, 0.3) is 5.69 Å². The molecule has 0 bridgehead atoms. The van der Waals surface area contributed by atoms with Gasteiger partial charge in [0.25, 0.3) is 17.4 Å². The van der Waals surface area contributed by atoms with Crippen molar-refractivity contribution >= 4 is 11.8 Å². The molecule has 0 unspecified atom stereocenters. The van der Waals surface area contributed by atoms with Crippen molar-refractivity contribution in [3.8, 4) is 5.69 Å². The molecule has 3 aromatic rings. The van der Waals surface area contributed by atoms with Crippen LogP contribution in [-0.4, -0.2) is 42.1 Å². The zero-order chi connectivity index (χ0) is 20.6. The maximum atomic E-state index is 11.9. The highest BCUT2D eigenvalue weighted by Gasteiger charge is 2.42. The number of hydrogen-bond donors (Lipinski definition) is 3. The molecule has 2 fully saturated rings. The molecule has 3 heterocycles. The van der Waals surface area contributed by atoms with Gasteiger partial charge >= 0.3 is 0 Å². The molecule has 0 aromatic carbocycles. The smallest absolute Gasteiger partial charge is 0.271 e. The van der Waals surface area contributed by atoms with E-state index in [-0.39, 0.29) is 17.6 Å². The predicted octanol–water partition coefficient (Wildman–Crippen LogP) is 1.83. The number of anilines is 2. The second kappa shape index (κ2) is 7.52. The Morgan fingerprint density at radius 1 is 1.17 bits per heavy atom. The molecule has 156 valence electrons. The number of aliphatic hydroxyl groups is 1. The van der Waals surface area contributed by atoms with Crippen molar-refractivity contribution in [1.82, 2.24) is 24.9 Å². The van der Waals surface area contributed by atoms with E-state index < -0.39 is 5.60 Å². The lowest BCUT2D eigenvalue weighted by Crippen LogP contribution is -2.34. The topological polar surface area (TPSA) is 131 Å². The zero-order valence-corrected chi connectivity index (χ0v) is 16.4. The Hall–Kier alpha value is -3.27. The van der Waals surface area contributed by atoms with Gasteiger partial charge in [0.2, 0.25) is 0 Å². The Balaban J connectivity index is 1.17. The Labute approximate surface area is 172 Å². The molecule has 30 heavy (non-hydrogen) atoms. The van der Waals surface area contributed by atoms with Crippen molar-refractivity contribution in [2.75, 3.05) is 10.6 Å². The SMILES string of the molecule is O=c1cccnn1-c1ccc(N[C@H]2CC[C@H](Nc3noc(C4(O)CCC4)n3)C2)nc1. The molecule has 0 aliphatic heterocycles.